The van der Waals surface area contributed by atoms with Crippen LogP contribution in [0.3, 0.4) is 0 Å². The number of ether oxygens (including phenoxy) is 1. The van der Waals surface area contributed by atoms with Crippen molar-refractivity contribution in [1.82, 2.24) is 30.2 Å². The lowest BCUT2D eigenvalue weighted by Crippen LogP contribution is -2.12. The van der Waals surface area contributed by atoms with Crippen LogP contribution in [-0.2, 0) is 35.8 Å². The molecule has 0 radical (unpaired) electrons. The van der Waals surface area contributed by atoms with E-state index in [1.807, 2.05) is 53.1 Å². The highest BCUT2D eigenvalue weighted by molar-refractivity contribution is 6.30. The monoisotopic (exact) mass is 601 g/mol. The lowest BCUT2D eigenvalue weighted by atomic mass is 9.98. The molecule has 0 saturated heterocycles. The summed E-state index contributed by atoms with van der Waals surface area (Å²) in [6.45, 7) is 2.32. The second-order valence-corrected chi connectivity index (χ2v) is 10.1. The first kappa shape index (κ1) is 29.4. The van der Waals surface area contributed by atoms with Gasteiger partial charge in [0.15, 0.2) is 5.15 Å². The maximum Gasteiger partial charge on any atom is 0.338 e. The van der Waals surface area contributed by atoms with Crippen molar-refractivity contribution in [3.8, 4) is 22.5 Å². The number of hydrogen-bond donors (Lipinski definition) is 1. The van der Waals surface area contributed by atoms with Gasteiger partial charge < -0.3 is 14.1 Å². The van der Waals surface area contributed by atoms with E-state index in [9.17, 15) is 14.9 Å². The summed E-state index contributed by atoms with van der Waals surface area (Å²) in [7, 11) is 0. The van der Waals surface area contributed by atoms with Crippen molar-refractivity contribution in [2.45, 2.75) is 45.9 Å². The van der Waals surface area contributed by atoms with E-state index in [1.54, 1.807) is 12.1 Å². The number of carbonyl (C=O) groups excluding carboxylic acids is 1. The van der Waals surface area contributed by atoms with Crippen LogP contribution in [0.2, 0.25) is 5.15 Å². The fraction of sp³-hybridized carbons (Fsp3) is 0.233. The summed E-state index contributed by atoms with van der Waals surface area (Å²) in [5, 5.41) is 24.3. The van der Waals surface area contributed by atoms with Crippen molar-refractivity contribution < 1.29 is 19.5 Å². The van der Waals surface area contributed by atoms with E-state index in [2.05, 4.69) is 37.4 Å². The number of benzene rings is 3. The maximum absolute atomic E-state index is 12.8. The van der Waals surface area contributed by atoms with Crippen molar-refractivity contribution in [1.29, 1.82) is 0 Å². The number of imidazole rings is 1. The van der Waals surface area contributed by atoms with Crippen LogP contribution in [0, 0.1) is 10.1 Å². The Kier molecular flexibility index (Phi) is 9.37. The van der Waals surface area contributed by atoms with Gasteiger partial charge in [-0.3, -0.25) is 0 Å². The topological polar surface area (TPSA) is 151 Å². The Bertz CT molecular complexity index is 1690. The fourth-order valence-electron chi connectivity index (χ4n) is 4.61. The lowest BCUT2D eigenvalue weighted by molar-refractivity contribution is -0.763. The van der Waals surface area contributed by atoms with Crippen LogP contribution in [0.5, 0.6) is 0 Å². The SMILES string of the molecule is CCCCc1nc(Cl)c(COC(=O)c2ccc(CO[N+](=O)[O-])cc2)n1Cc1ccc(-c2ccccc2-c2nn[nH]n2)cc1. The average Bonchev–Trinajstić information content (AvgIpc) is 3.66. The van der Waals surface area contributed by atoms with E-state index < -0.39 is 11.1 Å². The molecule has 0 spiro atoms. The van der Waals surface area contributed by atoms with E-state index in [-0.39, 0.29) is 18.4 Å². The smallest absolute Gasteiger partial charge is 0.338 e. The predicted octanol–water partition coefficient (Wildman–Crippen LogP) is 5.84. The zero-order valence-electron chi connectivity index (χ0n) is 23.3. The van der Waals surface area contributed by atoms with E-state index in [0.717, 1.165) is 47.3 Å². The molecule has 0 unspecified atom stereocenters. The minimum atomic E-state index is -0.866. The van der Waals surface area contributed by atoms with E-state index in [1.165, 1.54) is 12.1 Å². The molecule has 0 atom stereocenters. The zero-order valence-corrected chi connectivity index (χ0v) is 24.0. The highest BCUT2D eigenvalue weighted by Crippen LogP contribution is 2.30. The molecule has 3 aromatic carbocycles. The van der Waals surface area contributed by atoms with Gasteiger partial charge in [0.2, 0.25) is 5.82 Å². The average molecular weight is 602 g/mol. The third-order valence-electron chi connectivity index (χ3n) is 6.84. The molecule has 1 N–H and O–H groups in total. The fourth-order valence-corrected chi connectivity index (χ4v) is 4.87. The van der Waals surface area contributed by atoms with Crippen molar-refractivity contribution in [2.24, 2.45) is 0 Å². The molecule has 0 aliphatic rings. The van der Waals surface area contributed by atoms with Crippen LogP contribution < -0.4 is 0 Å². The van der Waals surface area contributed by atoms with Crippen LogP contribution in [0.15, 0.2) is 72.8 Å². The number of nitrogens with zero attached hydrogens (tertiary/aromatic N) is 6. The molecule has 220 valence electrons. The molecule has 0 saturated carbocycles. The number of aryl methyl sites for hydroxylation is 1. The molecule has 0 aliphatic carbocycles. The number of rotatable bonds is 13. The molecule has 0 bridgehead atoms. The van der Waals surface area contributed by atoms with Gasteiger partial charge in [-0.25, -0.2) is 9.78 Å². The number of hydrogen-bond acceptors (Lipinski definition) is 9. The quantitative estimate of drug-likeness (QED) is 0.0996. The predicted molar refractivity (Wildman–Crippen MR) is 157 cm³/mol. The molecular formula is C30H28ClN7O5. The number of halogens is 1. The van der Waals surface area contributed by atoms with E-state index >= 15 is 0 Å². The van der Waals surface area contributed by atoms with Gasteiger partial charge >= 0.3 is 5.97 Å². The molecule has 5 aromatic rings. The largest absolute Gasteiger partial charge is 0.456 e. The standard InChI is InChI=1S/C30H28ClN7O5/c1-2-3-8-27-32-28(31)26(19-42-30(39)23-15-11-21(12-16-23)18-43-38(40)41)37(27)17-20-9-13-22(14-10-20)24-6-4-5-7-25(24)29-33-35-36-34-29/h4-7,9-16H,2-3,8,17-19H2,1H3,(H,33,34,35,36). The second-order valence-electron chi connectivity index (χ2n) is 9.70. The van der Waals surface area contributed by atoms with Gasteiger partial charge in [-0.15, -0.1) is 20.3 Å². The van der Waals surface area contributed by atoms with Crippen LogP contribution in [0.4, 0.5) is 0 Å². The lowest BCUT2D eigenvalue weighted by Gasteiger charge is -2.14. The normalized spacial score (nSPS) is 10.9. The molecule has 43 heavy (non-hydrogen) atoms. The summed E-state index contributed by atoms with van der Waals surface area (Å²) < 4.78 is 7.62. The van der Waals surface area contributed by atoms with Gasteiger partial charge in [0.1, 0.15) is 19.0 Å². The summed E-state index contributed by atoms with van der Waals surface area (Å²) in [6, 6.07) is 22.2. The number of esters is 1. The van der Waals surface area contributed by atoms with E-state index in [0.29, 0.717) is 29.2 Å². The second kappa shape index (κ2) is 13.7. The highest BCUT2D eigenvalue weighted by atomic mass is 35.5. The molecule has 0 aliphatic heterocycles. The molecule has 2 heterocycles. The summed E-state index contributed by atoms with van der Waals surface area (Å²) in [5.74, 6) is 0.789. The molecule has 12 nitrogen and oxygen atoms in total. The van der Waals surface area contributed by atoms with Gasteiger partial charge in [0.05, 0.1) is 11.3 Å². The Morgan fingerprint density at radius 2 is 1.72 bits per heavy atom. The van der Waals surface area contributed by atoms with Crippen LogP contribution >= 0.6 is 11.6 Å². The van der Waals surface area contributed by atoms with Gasteiger partial charge in [-0.1, -0.05) is 85.6 Å². The first-order valence-electron chi connectivity index (χ1n) is 13.6. The molecule has 2 aromatic heterocycles. The Morgan fingerprint density at radius 3 is 2.40 bits per heavy atom. The maximum atomic E-state index is 12.8. The van der Waals surface area contributed by atoms with E-state index in [4.69, 9.17) is 16.3 Å². The third-order valence-corrected chi connectivity index (χ3v) is 7.14. The molecular weight excluding hydrogens is 574 g/mol. The third kappa shape index (κ3) is 7.22. The van der Waals surface area contributed by atoms with Crippen molar-refractivity contribution in [2.75, 3.05) is 0 Å². The number of aromatic nitrogens is 6. The Balaban J connectivity index is 1.33. The summed E-state index contributed by atoms with van der Waals surface area (Å²) >= 11 is 6.57. The number of unbranched alkanes of at least 4 members (excludes halogenated alkanes) is 1. The molecule has 5 rings (SSSR count). The van der Waals surface area contributed by atoms with Crippen molar-refractivity contribution in [3.05, 3.63) is 116 Å². The molecule has 13 heteroatoms. The van der Waals surface area contributed by atoms with Crippen LogP contribution in [0.1, 0.15) is 52.8 Å². The zero-order chi connectivity index (χ0) is 30.2. The van der Waals surface area contributed by atoms with Gasteiger partial charge in [-0.2, -0.15) is 5.21 Å². The first-order valence-corrected chi connectivity index (χ1v) is 14.0. The van der Waals surface area contributed by atoms with Gasteiger partial charge in [0, 0.05) is 18.5 Å². The Hall–Kier alpha value is -5.10. The number of H-pyrrole nitrogens is 1. The Morgan fingerprint density at radius 1 is 1.00 bits per heavy atom. The van der Waals surface area contributed by atoms with Crippen LogP contribution in [-0.4, -0.2) is 41.2 Å². The minimum absolute atomic E-state index is 0.0703. The number of tetrazole rings is 1. The summed E-state index contributed by atoms with van der Waals surface area (Å²) in [6.07, 6.45) is 2.66. The Labute approximate surface area is 251 Å². The van der Waals surface area contributed by atoms with Gasteiger partial charge in [0.25, 0.3) is 5.09 Å². The molecule has 0 amide bonds. The van der Waals surface area contributed by atoms with Crippen molar-refractivity contribution in [3.63, 3.8) is 0 Å². The van der Waals surface area contributed by atoms with Gasteiger partial charge in [-0.05, 0) is 46.0 Å². The molecule has 0 fully saturated rings. The van der Waals surface area contributed by atoms with Crippen LogP contribution in [0.25, 0.3) is 22.5 Å². The summed E-state index contributed by atoms with van der Waals surface area (Å²) in [4.78, 5) is 32.2. The first-order chi connectivity index (χ1) is 20.9. The minimum Gasteiger partial charge on any atom is -0.456 e. The van der Waals surface area contributed by atoms with Crippen molar-refractivity contribution >= 4 is 17.6 Å². The summed E-state index contributed by atoms with van der Waals surface area (Å²) in [5.41, 5.74) is 5.33. The number of aromatic amines is 1. The highest BCUT2D eigenvalue weighted by Gasteiger charge is 2.19. The number of carbonyl (C=O) groups is 1. The number of nitrogens with one attached hydrogen (secondary N) is 1.